The van der Waals surface area contributed by atoms with Gasteiger partial charge in [-0.05, 0) is 43.5 Å². The number of benzene rings is 1. The SMILES string of the molecule is CCCCOc1ccc(CC(=O)OC(=O)[C@@H]2CCCN2)cc1. The maximum Gasteiger partial charge on any atom is 0.330 e. The van der Waals surface area contributed by atoms with E-state index in [1.54, 1.807) is 0 Å². The Hall–Kier alpha value is -1.88. The van der Waals surface area contributed by atoms with Gasteiger partial charge in [0.2, 0.25) is 0 Å². The summed E-state index contributed by atoms with van der Waals surface area (Å²) in [5.41, 5.74) is 0.806. The largest absolute Gasteiger partial charge is 0.494 e. The van der Waals surface area contributed by atoms with E-state index in [9.17, 15) is 9.59 Å². The lowest BCUT2D eigenvalue weighted by Gasteiger charge is -2.09. The van der Waals surface area contributed by atoms with Gasteiger partial charge in [0.25, 0.3) is 0 Å². The van der Waals surface area contributed by atoms with E-state index in [2.05, 4.69) is 12.2 Å². The number of nitrogens with one attached hydrogen (secondary N) is 1. The highest BCUT2D eigenvalue weighted by atomic mass is 16.6. The van der Waals surface area contributed by atoms with Crippen molar-refractivity contribution in [1.29, 1.82) is 0 Å². The summed E-state index contributed by atoms with van der Waals surface area (Å²) in [6.45, 7) is 3.61. The molecule has 0 aromatic heterocycles. The smallest absolute Gasteiger partial charge is 0.330 e. The Morgan fingerprint density at radius 1 is 1.27 bits per heavy atom. The van der Waals surface area contributed by atoms with Crippen molar-refractivity contribution in [2.45, 2.75) is 45.1 Å². The molecule has 0 bridgehead atoms. The Morgan fingerprint density at radius 2 is 2.05 bits per heavy atom. The van der Waals surface area contributed by atoms with E-state index in [0.29, 0.717) is 6.61 Å². The molecule has 1 aliphatic rings. The quantitative estimate of drug-likeness (QED) is 0.475. The summed E-state index contributed by atoms with van der Waals surface area (Å²) in [6.07, 6.45) is 3.87. The van der Waals surface area contributed by atoms with Crippen molar-refractivity contribution in [3.8, 4) is 5.75 Å². The van der Waals surface area contributed by atoms with Gasteiger partial charge in [-0.25, -0.2) is 4.79 Å². The third-order valence-corrected chi connectivity index (χ3v) is 3.60. The van der Waals surface area contributed by atoms with Crippen LogP contribution in [0.3, 0.4) is 0 Å². The zero-order valence-electron chi connectivity index (χ0n) is 13.0. The first-order chi connectivity index (χ1) is 10.7. The van der Waals surface area contributed by atoms with Crippen molar-refractivity contribution >= 4 is 11.9 Å². The molecule has 1 saturated heterocycles. The number of carbonyl (C=O) groups is 2. The number of ether oxygens (including phenoxy) is 2. The zero-order valence-corrected chi connectivity index (χ0v) is 13.0. The highest BCUT2D eigenvalue weighted by Gasteiger charge is 2.25. The monoisotopic (exact) mass is 305 g/mol. The van der Waals surface area contributed by atoms with Crippen molar-refractivity contribution in [3.63, 3.8) is 0 Å². The molecule has 1 N–H and O–H groups in total. The van der Waals surface area contributed by atoms with Gasteiger partial charge in [0.1, 0.15) is 11.8 Å². The molecule has 5 nitrogen and oxygen atoms in total. The standard InChI is InChI=1S/C17H23NO4/c1-2-3-11-21-14-8-6-13(7-9-14)12-16(19)22-17(20)15-5-4-10-18-15/h6-9,15,18H,2-5,10-12H2,1H3/t15-/m0/s1. The summed E-state index contributed by atoms with van der Waals surface area (Å²) < 4.78 is 10.4. The van der Waals surface area contributed by atoms with Crippen LogP contribution >= 0.6 is 0 Å². The van der Waals surface area contributed by atoms with Crippen molar-refractivity contribution in [2.75, 3.05) is 13.2 Å². The van der Waals surface area contributed by atoms with Crippen molar-refractivity contribution in [1.82, 2.24) is 5.32 Å². The molecule has 1 fully saturated rings. The van der Waals surface area contributed by atoms with Gasteiger partial charge in [-0.3, -0.25) is 4.79 Å². The Labute approximate surface area is 131 Å². The van der Waals surface area contributed by atoms with Crippen LogP contribution in [0.2, 0.25) is 0 Å². The fourth-order valence-electron chi connectivity index (χ4n) is 2.31. The molecule has 0 aliphatic carbocycles. The average molecular weight is 305 g/mol. The fraction of sp³-hybridized carbons (Fsp3) is 0.529. The van der Waals surface area contributed by atoms with E-state index >= 15 is 0 Å². The molecule has 5 heteroatoms. The Morgan fingerprint density at radius 3 is 2.68 bits per heavy atom. The Bertz CT molecular complexity index is 492. The summed E-state index contributed by atoms with van der Waals surface area (Å²) in [6, 6.07) is 6.97. The topological polar surface area (TPSA) is 64.6 Å². The van der Waals surface area contributed by atoms with Crippen molar-refractivity contribution in [3.05, 3.63) is 29.8 Å². The first kappa shape index (κ1) is 16.5. The number of hydrogen-bond acceptors (Lipinski definition) is 5. The van der Waals surface area contributed by atoms with Gasteiger partial charge in [-0.1, -0.05) is 25.5 Å². The minimum absolute atomic E-state index is 0.0910. The molecule has 120 valence electrons. The minimum Gasteiger partial charge on any atom is -0.494 e. The average Bonchev–Trinajstić information content (AvgIpc) is 3.03. The lowest BCUT2D eigenvalue weighted by Crippen LogP contribution is -2.34. The second-order valence-corrected chi connectivity index (χ2v) is 5.46. The summed E-state index contributed by atoms with van der Waals surface area (Å²) in [5.74, 6) is -0.197. The van der Waals surface area contributed by atoms with Crippen LogP contribution in [0.5, 0.6) is 5.75 Å². The highest BCUT2D eigenvalue weighted by molar-refractivity contribution is 5.89. The zero-order chi connectivity index (χ0) is 15.8. The number of rotatable bonds is 7. The molecule has 2 rings (SSSR count). The van der Waals surface area contributed by atoms with E-state index in [1.807, 2.05) is 24.3 Å². The normalized spacial score (nSPS) is 17.2. The van der Waals surface area contributed by atoms with E-state index in [0.717, 1.165) is 43.5 Å². The maximum atomic E-state index is 11.8. The highest BCUT2D eigenvalue weighted by Crippen LogP contribution is 2.14. The van der Waals surface area contributed by atoms with E-state index in [-0.39, 0.29) is 12.5 Å². The van der Waals surface area contributed by atoms with Crippen LogP contribution in [0.1, 0.15) is 38.2 Å². The molecule has 0 radical (unpaired) electrons. The van der Waals surface area contributed by atoms with Crippen LogP contribution < -0.4 is 10.1 Å². The molecule has 0 amide bonds. The first-order valence-electron chi connectivity index (χ1n) is 7.88. The van der Waals surface area contributed by atoms with Gasteiger partial charge in [0, 0.05) is 0 Å². The summed E-state index contributed by atoms with van der Waals surface area (Å²) in [7, 11) is 0. The summed E-state index contributed by atoms with van der Waals surface area (Å²) in [4.78, 5) is 23.5. The van der Waals surface area contributed by atoms with Gasteiger partial charge >= 0.3 is 11.9 Å². The van der Waals surface area contributed by atoms with Crippen LogP contribution in [0.4, 0.5) is 0 Å². The molecule has 1 atom stereocenters. The number of hydrogen-bond donors (Lipinski definition) is 1. The van der Waals surface area contributed by atoms with Gasteiger partial charge < -0.3 is 14.8 Å². The van der Waals surface area contributed by atoms with Crippen molar-refractivity contribution < 1.29 is 19.1 Å². The fourth-order valence-corrected chi connectivity index (χ4v) is 2.31. The third-order valence-electron chi connectivity index (χ3n) is 3.60. The maximum absolute atomic E-state index is 11.8. The second-order valence-electron chi connectivity index (χ2n) is 5.46. The van der Waals surface area contributed by atoms with Crippen LogP contribution in [0.15, 0.2) is 24.3 Å². The minimum atomic E-state index is -0.515. The molecule has 1 aromatic carbocycles. The Balaban J connectivity index is 1.77. The predicted molar refractivity (Wildman–Crippen MR) is 82.7 cm³/mol. The lowest BCUT2D eigenvalue weighted by molar-refractivity contribution is -0.160. The Kier molecular flexibility index (Phi) is 6.40. The number of esters is 2. The molecule has 0 saturated carbocycles. The molecule has 0 unspecified atom stereocenters. The molecular formula is C17H23NO4. The molecule has 1 heterocycles. The molecule has 0 spiro atoms. The molecule has 22 heavy (non-hydrogen) atoms. The van der Waals surface area contributed by atoms with Crippen LogP contribution in [-0.4, -0.2) is 31.1 Å². The van der Waals surface area contributed by atoms with E-state index in [4.69, 9.17) is 9.47 Å². The number of unbranched alkanes of at least 4 members (excludes halogenated alkanes) is 1. The van der Waals surface area contributed by atoms with Crippen molar-refractivity contribution in [2.24, 2.45) is 0 Å². The van der Waals surface area contributed by atoms with Gasteiger partial charge in [-0.2, -0.15) is 0 Å². The molecular weight excluding hydrogens is 282 g/mol. The number of carbonyl (C=O) groups excluding carboxylic acids is 2. The third kappa shape index (κ3) is 5.15. The predicted octanol–water partition coefficient (Wildman–Crippen LogP) is 2.23. The van der Waals surface area contributed by atoms with Gasteiger partial charge in [-0.15, -0.1) is 0 Å². The van der Waals surface area contributed by atoms with Crippen LogP contribution in [0, 0.1) is 0 Å². The van der Waals surface area contributed by atoms with Crippen LogP contribution in [-0.2, 0) is 20.7 Å². The van der Waals surface area contributed by atoms with Gasteiger partial charge in [0.15, 0.2) is 0 Å². The lowest BCUT2D eigenvalue weighted by atomic mass is 10.1. The molecule has 1 aromatic rings. The van der Waals surface area contributed by atoms with E-state index in [1.165, 1.54) is 0 Å². The van der Waals surface area contributed by atoms with E-state index < -0.39 is 11.9 Å². The summed E-state index contributed by atoms with van der Waals surface area (Å²) >= 11 is 0. The molecule has 1 aliphatic heterocycles. The first-order valence-corrected chi connectivity index (χ1v) is 7.88. The summed E-state index contributed by atoms with van der Waals surface area (Å²) in [5, 5.41) is 3.01. The van der Waals surface area contributed by atoms with Gasteiger partial charge in [0.05, 0.1) is 13.0 Å². The van der Waals surface area contributed by atoms with Crippen LogP contribution in [0.25, 0.3) is 0 Å². The second kappa shape index (κ2) is 8.54.